The Labute approximate surface area is 204 Å². The molecule has 0 saturated heterocycles. The van der Waals surface area contributed by atoms with Crippen LogP contribution >= 0.6 is 7.14 Å². The van der Waals surface area contributed by atoms with Crippen molar-refractivity contribution in [3.05, 3.63) is 48.0 Å². The Kier molecular flexibility index (Phi) is 6.19. The van der Waals surface area contributed by atoms with Gasteiger partial charge in [-0.2, -0.15) is 23.5 Å². The molecular weight excluding hydrogens is 494 g/mol. The third-order valence-electron chi connectivity index (χ3n) is 5.28. The number of H-pyrrole nitrogens is 1. The first-order chi connectivity index (χ1) is 16.7. The number of hydrogen-bond acceptors (Lipinski definition) is 7. The number of nitriles is 1. The molecule has 0 fully saturated rings. The molecule has 3 N–H and O–H groups in total. The molecule has 1 aromatic carbocycles. The van der Waals surface area contributed by atoms with E-state index in [1.807, 2.05) is 6.07 Å². The Balaban J connectivity index is 1.83. The summed E-state index contributed by atoms with van der Waals surface area (Å²) in [5.41, 5.74) is -1.38. The van der Waals surface area contributed by atoms with Crippen LogP contribution in [0.25, 0.3) is 22.2 Å². The molecule has 36 heavy (non-hydrogen) atoms. The minimum absolute atomic E-state index is 0.0966. The van der Waals surface area contributed by atoms with Crippen LogP contribution in [-0.4, -0.2) is 48.8 Å². The number of rotatable bonds is 6. The first-order valence-electron chi connectivity index (χ1n) is 10.7. The van der Waals surface area contributed by atoms with Gasteiger partial charge in [0.05, 0.1) is 52.2 Å². The summed E-state index contributed by atoms with van der Waals surface area (Å²) < 4.78 is 56.1. The molecular formula is C23H23F3N7O2P. The maximum absolute atomic E-state index is 13.9. The van der Waals surface area contributed by atoms with Crippen LogP contribution in [0.3, 0.4) is 0 Å². The summed E-state index contributed by atoms with van der Waals surface area (Å²) in [6, 6.07) is 4.95. The van der Waals surface area contributed by atoms with Crippen LogP contribution in [-0.2, 0) is 17.3 Å². The van der Waals surface area contributed by atoms with E-state index in [9.17, 15) is 28.1 Å². The summed E-state index contributed by atoms with van der Waals surface area (Å²) in [5, 5.41) is 27.0. The van der Waals surface area contributed by atoms with Gasteiger partial charge >= 0.3 is 6.18 Å². The average Bonchev–Trinajstić information content (AvgIpc) is 3.36. The maximum Gasteiger partial charge on any atom is 0.419 e. The lowest BCUT2D eigenvalue weighted by atomic mass is 10.0. The number of anilines is 2. The average molecular weight is 517 g/mol. The molecule has 0 aliphatic heterocycles. The van der Waals surface area contributed by atoms with E-state index in [0.717, 1.165) is 0 Å². The van der Waals surface area contributed by atoms with E-state index in [4.69, 9.17) is 0 Å². The normalized spacial score (nSPS) is 12.6. The van der Waals surface area contributed by atoms with Gasteiger partial charge in [-0.1, -0.05) is 6.07 Å². The van der Waals surface area contributed by atoms with Gasteiger partial charge in [-0.3, -0.25) is 4.68 Å². The number of nitrogens with zero attached hydrogens (tertiary/aromatic N) is 5. The van der Waals surface area contributed by atoms with E-state index in [1.54, 1.807) is 20.0 Å². The molecule has 0 aliphatic carbocycles. The summed E-state index contributed by atoms with van der Waals surface area (Å²) >= 11 is 0. The van der Waals surface area contributed by atoms with Gasteiger partial charge in [0.15, 0.2) is 0 Å². The highest BCUT2D eigenvalue weighted by atomic mass is 31.2. The zero-order valence-electron chi connectivity index (χ0n) is 19.8. The van der Waals surface area contributed by atoms with Crippen LogP contribution in [0.5, 0.6) is 0 Å². The van der Waals surface area contributed by atoms with Gasteiger partial charge in [-0.25, -0.2) is 9.97 Å². The summed E-state index contributed by atoms with van der Waals surface area (Å²) in [5.74, 6) is -0.0966. The Morgan fingerprint density at radius 1 is 1.25 bits per heavy atom. The predicted molar refractivity (Wildman–Crippen MR) is 130 cm³/mol. The number of aromatic amines is 1. The fourth-order valence-corrected chi connectivity index (χ4v) is 5.35. The molecule has 3 heterocycles. The SMILES string of the molecule is CC(C)(O)Cn1cc(Nc2ncc(C(F)(F)F)c(-c3c[nH]c4c(P(C)(C)=O)c(C#N)ccc34)n2)cn1. The van der Waals surface area contributed by atoms with Gasteiger partial charge in [0, 0.05) is 29.5 Å². The predicted octanol–water partition coefficient (Wildman–Crippen LogP) is 4.47. The van der Waals surface area contributed by atoms with Crippen molar-refractivity contribution in [2.45, 2.75) is 32.2 Å². The lowest BCUT2D eigenvalue weighted by Gasteiger charge is -2.16. The molecule has 4 aromatic rings. The minimum Gasteiger partial charge on any atom is -0.389 e. The standard InChI is InChI=1S/C23H23F3N7O2P/c1-22(2,34)12-33-11-14(8-30-33)31-21-29-10-17(23(24,25)26)18(32-21)16-9-28-19-15(16)6-5-13(7-27)20(19)36(3,4)35/h5-6,8-11,28,34H,12H2,1-4H3,(H,29,31,32). The highest BCUT2D eigenvalue weighted by molar-refractivity contribution is 7.70. The number of nitrogens with one attached hydrogen (secondary N) is 2. The van der Waals surface area contributed by atoms with Gasteiger partial charge < -0.3 is 20.0 Å². The number of benzene rings is 1. The topological polar surface area (TPSA) is 133 Å². The van der Waals surface area contributed by atoms with Crippen LogP contribution in [0.2, 0.25) is 0 Å². The van der Waals surface area contributed by atoms with Gasteiger partial charge in [0.1, 0.15) is 12.7 Å². The first-order valence-corrected chi connectivity index (χ1v) is 13.3. The van der Waals surface area contributed by atoms with E-state index in [1.165, 1.54) is 42.5 Å². The number of halogens is 3. The quantitative estimate of drug-likeness (QED) is 0.321. The monoisotopic (exact) mass is 517 g/mol. The number of aromatic nitrogens is 5. The molecule has 0 saturated carbocycles. The van der Waals surface area contributed by atoms with Gasteiger partial charge in [-0.15, -0.1) is 0 Å². The third kappa shape index (κ3) is 5.12. The smallest absolute Gasteiger partial charge is 0.389 e. The van der Waals surface area contributed by atoms with Crippen LogP contribution in [0.4, 0.5) is 24.8 Å². The van der Waals surface area contributed by atoms with Crippen molar-refractivity contribution in [1.82, 2.24) is 24.7 Å². The second-order valence-corrected chi connectivity index (χ2v) is 12.5. The van der Waals surface area contributed by atoms with Crippen LogP contribution in [0, 0.1) is 11.3 Å². The molecule has 0 bridgehead atoms. The maximum atomic E-state index is 13.9. The molecule has 3 aromatic heterocycles. The van der Waals surface area contributed by atoms with Crippen LogP contribution < -0.4 is 10.6 Å². The largest absolute Gasteiger partial charge is 0.419 e. The fourth-order valence-electron chi connectivity index (χ4n) is 3.92. The highest BCUT2D eigenvalue weighted by Gasteiger charge is 2.36. The van der Waals surface area contributed by atoms with Crippen molar-refractivity contribution in [2.75, 3.05) is 18.6 Å². The van der Waals surface area contributed by atoms with Crippen molar-refractivity contribution in [1.29, 1.82) is 5.26 Å². The molecule has 0 spiro atoms. The molecule has 9 nitrogen and oxygen atoms in total. The van der Waals surface area contributed by atoms with Crippen molar-refractivity contribution in [3.63, 3.8) is 0 Å². The van der Waals surface area contributed by atoms with E-state index < -0.39 is 24.5 Å². The van der Waals surface area contributed by atoms with Gasteiger partial charge in [-0.05, 0) is 33.2 Å². The fraction of sp³-hybridized carbons (Fsp3) is 0.304. The van der Waals surface area contributed by atoms with Crippen molar-refractivity contribution in [2.24, 2.45) is 0 Å². The molecule has 0 atom stereocenters. The lowest BCUT2D eigenvalue weighted by Crippen LogP contribution is -2.26. The van der Waals surface area contributed by atoms with Gasteiger partial charge in [0.25, 0.3) is 0 Å². The Hall–Kier alpha value is -3.68. The first kappa shape index (κ1) is 25.4. The molecule has 4 rings (SSSR count). The molecule has 0 amide bonds. The van der Waals surface area contributed by atoms with Gasteiger partial charge in [0.2, 0.25) is 5.95 Å². The molecule has 0 radical (unpaired) electrons. The van der Waals surface area contributed by atoms with E-state index in [0.29, 0.717) is 22.8 Å². The number of hydrogen-bond donors (Lipinski definition) is 3. The summed E-state index contributed by atoms with van der Waals surface area (Å²) in [7, 11) is -2.96. The van der Waals surface area contributed by atoms with E-state index in [-0.39, 0.29) is 34.6 Å². The second kappa shape index (κ2) is 8.76. The minimum atomic E-state index is -4.74. The van der Waals surface area contributed by atoms with Crippen molar-refractivity contribution < 1.29 is 22.8 Å². The Morgan fingerprint density at radius 3 is 2.58 bits per heavy atom. The second-order valence-electron chi connectivity index (χ2n) is 9.37. The Morgan fingerprint density at radius 2 is 1.97 bits per heavy atom. The molecule has 0 aliphatic rings. The Bertz CT molecular complexity index is 1540. The highest BCUT2D eigenvalue weighted by Crippen LogP contribution is 2.43. The summed E-state index contributed by atoms with van der Waals surface area (Å²) in [4.78, 5) is 10.9. The number of alkyl halides is 3. The summed E-state index contributed by atoms with van der Waals surface area (Å²) in [6.07, 6.45) is 0.316. The lowest BCUT2D eigenvalue weighted by molar-refractivity contribution is -0.137. The van der Waals surface area contributed by atoms with Crippen LogP contribution in [0.15, 0.2) is 36.9 Å². The van der Waals surface area contributed by atoms with Crippen molar-refractivity contribution in [3.8, 4) is 17.3 Å². The zero-order chi connectivity index (χ0) is 26.5. The molecule has 13 heteroatoms. The molecule has 0 unspecified atom stereocenters. The zero-order valence-corrected chi connectivity index (χ0v) is 20.7. The van der Waals surface area contributed by atoms with Crippen LogP contribution in [0.1, 0.15) is 25.0 Å². The number of aliphatic hydroxyl groups is 1. The number of fused-ring (bicyclic) bond motifs is 1. The summed E-state index contributed by atoms with van der Waals surface area (Å²) in [6.45, 7) is 6.43. The molecule has 188 valence electrons. The third-order valence-corrected chi connectivity index (χ3v) is 6.82. The van der Waals surface area contributed by atoms with Crippen molar-refractivity contribution >= 4 is 35.0 Å². The van der Waals surface area contributed by atoms with E-state index in [2.05, 4.69) is 25.4 Å². The van der Waals surface area contributed by atoms with E-state index >= 15 is 0 Å².